The van der Waals surface area contributed by atoms with Gasteiger partial charge in [0.25, 0.3) is 0 Å². The number of nitrogens with one attached hydrogen (secondary N) is 1. The number of ether oxygens (including phenoxy) is 1. The number of halogens is 3. The molecule has 1 amide bonds. The first-order valence-corrected chi connectivity index (χ1v) is 7.07. The molecule has 0 aliphatic rings. The molecule has 1 heterocycles. The van der Waals surface area contributed by atoms with Crippen molar-refractivity contribution in [3.05, 3.63) is 18.2 Å². The molecule has 2 aromatic rings. The van der Waals surface area contributed by atoms with E-state index in [2.05, 4.69) is 15.0 Å². The minimum absolute atomic E-state index is 0.152. The fourth-order valence-corrected chi connectivity index (χ4v) is 2.47. The predicted octanol–water partition coefficient (Wildman–Crippen LogP) is 4.18. The highest BCUT2D eigenvalue weighted by Crippen LogP contribution is 2.31. The summed E-state index contributed by atoms with van der Waals surface area (Å²) < 4.78 is 40.8. The number of carbonyl (C=O) groups is 1. The lowest BCUT2D eigenvalue weighted by molar-refractivity contribution is -0.274. The smallest absolute Gasteiger partial charge is 0.406 e. The molecule has 1 aromatic carbocycles. The standard InChI is InChI=1S/C13H13F3N2O2S/c1-3-7(2)11(19)18-12-17-9-5-4-8(6-10(9)21-12)20-13(14,15)16/h4-7H,3H2,1-2H3,(H,17,18,19). The van der Waals surface area contributed by atoms with Gasteiger partial charge in [-0.3, -0.25) is 4.79 Å². The minimum atomic E-state index is -4.73. The molecular weight excluding hydrogens is 305 g/mol. The molecule has 8 heteroatoms. The van der Waals surface area contributed by atoms with Crippen LogP contribution in [0, 0.1) is 5.92 Å². The zero-order valence-corrected chi connectivity index (χ0v) is 12.1. The molecule has 1 aromatic heterocycles. The first kappa shape index (κ1) is 15.6. The number of amides is 1. The van der Waals surface area contributed by atoms with Crippen molar-refractivity contribution in [3.8, 4) is 5.75 Å². The quantitative estimate of drug-likeness (QED) is 0.920. The van der Waals surface area contributed by atoms with Gasteiger partial charge >= 0.3 is 6.36 Å². The molecule has 114 valence electrons. The Hall–Kier alpha value is -1.83. The Bertz CT molecular complexity index is 654. The van der Waals surface area contributed by atoms with Crippen molar-refractivity contribution in [2.45, 2.75) is 26.6 Å². The maximum Gasteiger partial charge on any atom is 0.573 e. The van der Waals surface area contributed by atoms with Crippen LogP contribution in [0.15, 0.2) is 18.2 Å². The molecule has 1 unspecified atom stereocenters. The Morgan fingerprint density at radius 1 is 1.48 bits per heavy atom. The van der Waals surface area contributed by atoms with E-state index in [-0.39, 0.29) is 17.6 Å². The number of anilines is 1. The number of hydrogen-bond donors (Lipinski definition) is 1. The Balaban J connectivity index is 2.20. The highest BCUT2D eigenvalue weighted by molar-refractivity contribution is 7.22. The third-order valence-electron chi connectivity index (χ3n) is 2.88. The van der Waals surface area contributed by atoms with Gasteiger partial charge in [0.2, 0.25) is 5.91 Å². The van der Waals surface area contributed by atoms with Crippen LogP contribution in [0.4, 0.5) is 18.3 Å². The van der Waals surface area contributed by atoms with Gasteiger partial charge in [0.1, 0.15) is 5.75 Å². The molecule has 0 fully saturated rings. The van der Waals surface area contributed by atoms with Crippen molar-refractivity contribution in [3.63, 3.8) is 0 Å². The van der Waals surface area contributed by atoms with Gasteiger partial charge < -0.3 is 10.1 Å². The average molecular weight is 318 g/mol. The van der Waals surface area contributed by atoms with Gasteiger partial charge in [-0.05, 0) is 18.6 Å². The maximum atomic E-state index is 12.2. The topological polar surface area (TPSA) is 51.2 Å². The van der Waals surface area contributed by atoms with Crippen LogP contribution in [0.5, 0.6) is 5.75 Å². The summed E-state index contributed by atoms with van der Waals surface area (Å²) in [4.78, 5) is 15.9. The molecular formula is C13H13F3N2O2S. The number of benzene rings is 1. The molecule has 2 rings (SSSR count). The van der Waals surface area contributed by atoms with Crippen molar-refractivity contribution >= 4 is 32.6 Å². The summed E-state index contributed by atoms with van der Waals surface area (Å²) in [6.45, 7) is 3.68. The highest BCUT2D eigenvalue weighted by atomic mass is 32.1. The Labute approximate surface area is 122 Å². The Morgan fingerprint density at radius 2 is 2.19 bits per heavy atom. The van der Waals surface area contributed by atoms with E-state index in [1.165, 1.54) is 18.2 Å². The number of alkyl halides is 3. The summed E-state index contributed by atoms with van der Waals surface area (Å²) in [6, 6.07) is 3.86. The van der Waals surface area contributed by atoms with E-state index < -0.39 is 6.36 Å². The van der Waals surface area contributed by atoms with Crippen LogP contribution in [-0.4, -0.2) is 17.3 Å². The van der Waals surface area contributed by atoms with Crippen molar-refractivity contribution in [1.29, 1.82) is 0 Å². The number of thiazole rings is 1. The first-order chi connectivity index (χ1) is 9.78. The molecule has 0 radical (unpaired) electrons. The van der Waals surface area contributed by atoms with Crippen molar-refractivity contribution in [2.24, 2.45) is 5.92 Å². The normalized spacial score (nSPS) is 13.2. The molecule has 0 saturated heterocycles. The predicted molar refractivity (Wildman–Crippen MR) is 74.4 cm³/mol. The molecule has 1 atom stereocenters. The van der Waals surface area contributed by atoms with Crippen molar-refractivity contribution in [1.82, 2.24) is 4.98 Å². The zero-order chi connectivity index (χ0) is 15.6. The SMILES string of the molecule is CCC(C)C(=O)Nc1nc2ccc(OC(F)(F)F)cc2s1. The van der Waals surface area contributed by atoms with Crippen LogP contribution in [-0.2, 0) is 4.79 Å². The van der Waals surface area contributed by atoms with E-state index in [1.807, 2.05) is 6.92 Å². The lowest BCUT2D eigenvalue weighted by Gasteiger charge is -2.07. The van der Waals surface area contributed by atoms with Crippen LogP contribution >= 0.6 is 11.3 Å². The Kier molecular flexibility index (Phi) is 4.36. The monoisotopic (exact) mass is 318 g/mol. The number of nitrogens with zero attached hydrogens (tertiary/aromatic N) is 1. The molecule has 0 aliphatic heterocycles. The number of carbonyl (C=O) groups excluding carboxylic acids is 1. The number of aromatic nitrogens is 1. The fraction of sp³-hybridized carbons (Fsp3) is 0.385. The summed E-state index contributed by atoms with van der Waals surface area (Å²) in [5.41, 5.74) is 0.508. The average Bonchev–Trinajstić information content (AvgIpc) is 2.77. The van der Waals surface area contributed by atoms with Gasteiger partial charge in [0, 0.05) is 12.0 Å². The lowest BCUT2D eigenvalue weighted by Crippen LogP contribution is -2.19. The van der Waals surface area contributed by atoms with E-state index in [0.717, 1.165) is 11.3 Å². The zero-order valence-electron chi connectivity index (χ0n) is 11.3. The second kappa shape index (κ2) is 5.88. The van der Waals surface area contributed by atoms with E-state index >= 15 is 0 Å². The summed E-state index contributed by atoms with van der Waals surface area (Å²) >= 11 is 1.10. The molecule has 0 spiro atoms. The highest BCUT2D eigenvalue weighted by Gasteiger charge is 2.31. The van der Waals surface area contributed by atoms with Crippen LogP contribution in [0.1, 0.15) is 20.3 Å². The molecule has 0 aliphatic carbocycles. The van der Waals surface area contributed by atoms with Crippen LogP contribution in [0.2, 0.25) is 0 Å². The third kappa shape index (κ3) is 4.07. The maximum absolute atomic E-state index is 12.2. The summed E-state index contributed by atoms with van der Waals surface area (Å²) in [6.07, 6.45) is -4.04. The van der Waals surface area contributed by atoms with Gasteiger partial charge in [-0.25, -0.2) is 4.98 Å². The number of fused-ring (bicyclic) bond motifs is 1. The van der Waals surface area contributed by atoms with E-state index in [1.54, 1.807) is 6.92 Å². The van der Waals surface area contributed by atoms with E-state index in [0.29, 0.717) is 21.8 Å². The Morgan fingerprint density at radius 3 is 2.81 bits per heavy atom. The van der Waals surface area contributed by atoms with Gasteiger partial charge in [0.15, 0.2) is 5.13 Å². The van der Waals surface area contributed by atoms with Gasteiger partial charge in [-0.15, -0.1) is 13.2 Å². The van der Waals surface area contributed by atoms with Crippen LogP contribution in [0.25, 0.3) is 10.2 Å². The van der Waals surface area contributed by atoms with E-state index in [9.17, 15) is 18.0 Å². The van der Waals surface area contributed by atoms with Crippen LogP contribution in [0.3, 0.4) is 0 Å². The fourth-order valence-electron chi connectivity index (χ4n) is 1.57. The third-order valence-corrected chi connectivity index (χ3v) is 3.82. The molecule has 21 heavy (non-hydrogen) atoms. The van der Waals surface area contributed by atoms with Gasteiger partial charge in [0.05, 0.1) is 10.2 Å². The largest absolute Gasteiger partial charge is 0.573 e. The van der Waals surface area contributed by atoms with Gasteiger partial charge in [-0.2, -0.15) is 0 Å². The molecule has 1 N–H and O–H groups in total. The minimum Gasteiger partial charge on any atom is -0.406 e. The summed E-state index contributed by atoms with van der Waals surface area (Å²) in [5.74, 6) is -0.622. The second-order valence-corrected chi connectivity index (χ2v) is 5.53. The number of rotatable bonds is 4. The molecule has 0 bridgehead atoms. The van der Waals surface area contributed by atoms with E-state index in [4.69, 9.17) is 0 Å². The lowest BCUT2D eigenvalue weighted by atomic mass is 10.1. The summed E-state index contributed by atoms with van der Waals surface area (Å²) in [5, 5.41) is 3.02. The summed E-state index contributed by atoms with van der Waals surface area (Å²) in [7, 11) is 0. The van der Waals surface area contributed by atoms with Gasteiger partial charge in [-0.1, -0.05) is 25.2 Å². The van der Waals surface area contributed by atoms with Crippen molar-refractivity contribution in [2.75, 3.05) is 5.32 Å². The second-order valence-electron chi connectivity index (χ2n) is 4.49. The molecule has 4 nitrogen and oxygen atoms in total. The first-order valence-electron chi connectivity index (χ1n) is 6.25. The van der Waals surface area contributed by atoms with Crippen molar-refractivity contribution < 1.29 is 22.7 Å². The molecule has 0 saturated carbocycles. The van der Waals surface area contributed by atoms with Crippen LogP contribution < -0.4 is 10.1 Å². The number of hydrogen-bond acceptors (Lipinski definition) is 4.